The van der Waals surface area contributed by atoms with Crippen LogP contribution in [0.15, 0.2) is 54.6 Å². The second-order valence-corrected chi connectivity index (χ2v) is 5.46. The lowest BCUT2D eigenvalue weighted by Crippen LogP contribution is -2.27. The highest BCUT2D eigenvalue weighted by Gasteiger charge is 2.03. The zero-order valence-electron chi connectivity index (χ0n) is 13.0. The Morgan fingerprint density at radius 3 is 2.33 bits per heavy atom. The van der Waals surface area contributed by atoms with Gasteiger partial charge in [0.2, 0.25) is 0 Å². The molecule has 21 heavy (non-hydrogen) atoms. The molecule has 1 N–H and O–H groups in total. The summed E-state index contributed by atoms with van der Waals surface area (Å²) in [5.74, 6) is 0.956. The first kappa shape index (κ1) is 15.6. The molecule has 0 saturated carbocycles. The van der Waals surface area contributed by atoms with Crippen LogP contribution in [0.4, 0.5) is 0 Å². The van der Waals surface area contributed by atoms with E-state index < -0.39 is 0 Å². The van der Waals surface area contributed by atoms with Crippen LogP contribution in [0.2, 0.25) is 0 Å². The number of ether oxygens (including phenoxy) is 1. The van der Waals surface area contributed by atoms with Crippen LogP contribution in [0.25, 0.3) is 0 Å². The summed E-state index contributed by atoms with van der Waals surface area (Å²) in [5, 5.41) is 3.57. The van der Waals surface area contributed by atoms with Gasteiger partial charge in [-0.3, -0.25) is 0 Å². The Morgan fingerprint density at radius 1 is 0.952 bits per heavy atom. The topological polar surface area (TPSA) is 21.3 Å². The minimum Gasteiger partial charge on any atom is -0.494 e. The third-order valence-electron chi connectivity index (χ3n) is 3.44. The van der Waals surface area contributed by atoms with Crippen molar-refractivity contribution in [2.24, 2.45) is 0 Å². The van der Waals surface area contributed by atoms with Gasteiger partial charge in [0.15, 0.2) is 0 Å². The maximum absolute atomic E-state index is 5.59. The van der Waals surface area contributed by atoms with Gasteiger partial charge in [-0.15, -0.1) is 0 Å². The molecule has 0 aliphatic rings. The molecular weight excluding hydrogens is 258 g/mol. The highest BCUT2D eigenvalue weighted by atomic mass is 16.5. The van der Waals surface area contributed by atoms with Crippen molar-refractivity contribution in [2.75, 3.05) is 6.61 Å². The molecule has 0 heterocycles. The van der Waals surface area contributed by atoms with E-state index in [2.05, 4.69) is 73.8 Å². The van der Waals surface area contributed by atoms with Gasteiger partial charge in [0.1, 0.15) is 5.75 Å². The lowest BCUT2D eigenvalue weighted by Gasteiger charge is -2.14. The summed E-state index contributed by atoms with van der Waals surface area (Å²) in [4.78, 5) is 0. The second kappa shape index (κ2) is 8.48. The smallest absolute Gasteiger partial charge is 0.119 e. The van der Waals surface area contributed by atoms with Crippen molar-refractivity contribution in [1.82, 2.24) is 5.32 Å². The predicted molar refractivity (Wildman–Crippen MR) is 88.7 cm³/mol. The monoisotopic (exact) mass is 283 g/mol. The van der Waals surface area contributed by atoms with Gasteiger partial charge < -0.3 is 10.1 Å². The molecule has 0 aliphatic heterocycles. The van der Waals surface area contributed by atoms with Crippen LogP contribution >= 0.6 is 0 Å². The first-order valence-electron chi connectivity index (χ1n) is 7.77. The Morgan fingerprint density at radius 2 is 1.67 bits per heavy atom. The summed E-state index contributed by atoms with van der Waals surface area (Å²) in [6, 6.07) is 19.4. The number of nitrogens with one attached hydrogen (secondary N) is 1. The van der Waals surface area contributed by atoms with Crippen LogP contribution in [0.5, 0.6) is 5.75 Å². The van der Waals surface area contributed by atoms with Gasteiger partial charge in [0, 0.05) is 12.6 Å². The zero-order valence-corrected chi connectivity index (χ0v) is 13.0. The molecule has 0 aliphatic carbocycles. The maximum atomic E-state index is 5.59. The molecule has 1 atom stereocenters. The molecule has 112 valence electrons. The summed E-state index contributed by atoms with van der Waals surface area (Å²) in [6.45, 7) is 6.02. The molecule has 2 aromatic carbocycles. The highest BCUT2D eigenvalue weighted by Crippen LogP contribution is 2.12. The van der Waals surface area contributed by atoms with Gasteiger partial charge in [-0.1, -0.05) is 49.4 Å². The van der Waals surface area contributed by atoms with Crippen molar-refractivity contribution in [3.8, 4) is 5.75 Å². The zero-order chi connectivity index (χ0) is 14.9. The van der Waals surface area contributed by atoms with Crippen molar-refractivity contribution in [3.05, 3.63) is 65.7 Å². The molecule has 0 bridgehead atoms. The summed E-state index contributed by atoms with van der Waals surface area (Å²) in [6.07, 6.45) is 2.10. The van der Waals surface area contributed by atoms with E-state index in [4.69, 9.17) is 4.74 Å². The molecule has 2 nitrogen and oxygen atoms in total. The number of benzene rings is 2. The van der Waals surface area contributed by atoms with Crippen molar-refractivity contribution in [1.29, 1.82) is 0 Å². The maximum Gasteiger partial charge on any atom is 0.119 e. The van der Waals surface area contributed by atoms with E-state index in [1.807, 2.05) is 0 Å². The summed E-state index contributed by atoms with van der Waals surface area (Å²) in [7, 11) is 0. The van der Waals surface area contributed by atoms with E-state index in [0.29, 0.717) is 6.04 Å². The van der Waals surface area contributed by atoms with Gasteiger partial charge in [-0.05, 0) is 43.0 Å². The predicted octanol–water partition coefficient (Wildman–Crippen LogP) is 4.20. The molecule has 2 heteroatoms. The molecule has 0 spiro atoms. The van der Waals surface area contributed by atoms with Crippen LogP contribution in [0, 0.1) is 0 Å². The lowest BCUT2D eigenvalue weighted by atomic mass is 10.1. The molecule has 2 aromatic rings. The van der Waals surface area contributed by atoms with E-state index in [-0.39, 0.29) is 0 Å². The fraction of sp³-hybridized carbons (Fsp3) is 0.368. The molecular formula is C19H25NO. The number of hydrogen-bond donors (Lipinski definition) is 1. The molecule has 0 aromatic heterocycles. The van der Waals surface area contributed by atoms with Gasteiger partial charge in [-0.25, -0.2) is 0 Å². The Kier molecular flexibility index (Phi) is 6.29. The highest BCUT2D eigenvalue weighted by molar-refractivity contribution is 5.27. The normalized spacial score (nSPS) is 12.1. The SMILES string of the molecule is CCCOc1ccc(CNC(C)Cc2ccccc2)cc1. The van der Waals surface area contributed by atoms with E-state index in [1.165, 1.54) is 11.1 Å². The Labute approximate surface area is 128 Å². The standard InChI is InChI=1S/C19H25NO/c1-3-13-21-19-11-9-18(10-12-19)15-20-16(2)14-17-7-5-4-6-8-17/h4-12,16,20H,3,13-15H2,1-2H3. The van der Waals surface area contributed by atoms with Gasteiger partial charge in [0.05, 0.1) is 6.61 Å². The second-order valence-electron chi connectivity index (χ2n) is 5.46. The summed E-state index contributed by atoms with van der Waals surface area (Å²) in [5.41, 5.74) is 2.67. The Balaban J connectivity index is 1.77. The molecule has 1 unspecified atom stereocenters. The molecule has 0 amide bonds. The average molecular weight is 283 g/mol. The van der Waals surface area contributed by atoms with E-state index >= 15 is 0 Å². The fourth-order valence-electron chi connectivity index (χ4n) is 2.26. The Hall–Kier alpha value is -1.80. The third kappa shape index (κ3) is 5.60. The largest absolute Gasteiger partial charge is 0.494 e. The third-order valence-corrected chi connectivity index (χ3v) is 3.44. The van der Waals surface area contributed by atoms with E-state index in [0.717, 1.165) is 31.7 Å². The molecule has 2 rings (SSSR count). The molecule has 0 radical (unpaired) electrons. The first-order chi connectivity index (χ1) is 10.3. The Bertz CT molecular complexity index is 507. The van der Waals surface area contributed by atoms with Crippen LogP contribution in [0.3, 0.4) is 0 Å². The molecule has 0 fully saturated rings. The summed E-state index contributed by atoms with van der Waals surface area (Å²) >= 11 is 0. The minimum absolute atomic E-state index is 0.461. The van der Waals surface area contributed by atoms with Gasteiger partial charge >= 0.3 is 0 Å². The molecule has 0 saturated heterocycles. The number of hydrogen-bond acceptors (Lipinski definition) is 2. The lowest BCUT2D eigenvalue weighted by molar-refractivity contribution is 0.317. The average Bonchev–Trinajstić information content (AvgIpc) is 2.53. The first-order valence-corrected chi connectivity index (χ1v) is 7.77. The van der Waals surface area contributed by atoms with Crippen LogP contribution in [-0.2, 0) is 13.0 Å². The van der Waals surface area contributed by atoms with Crippen molar-refractivity contribution in [3.63, 3.8) is 0 Å². The quantitative estimate of drug-likeness (QED) is 0.784. The van der Waals surface area contributed by atoms with E-state index in [1.54, 1.807) is 0 Å². The summed E-state index contributed by atoms with van der Waals surface area (Å²) < 4.78 is 5.59. The number of rotatable bonds is 8. The minimum atomic E-state index is 0.461. The van der Waals surface area contributed by atoms with Crippen molar-refractivity contribution in [2.45, 2.75) is 39.3 Å². The van der Waals surface area contributed by atoms with E-state index in [9.17, 15) is 0 Å². The van der Waals surface area contributed by atoms with Crippen LogP contribution in [0.1, 0.15) is 31.4 Å². The van der Waals surface area contributed by atoms with Gasteiger partial charge in [0.25, 0.3) is 0 Å². The van der Waals surface area contributed by atoms with Crippen LogP contribution < -0.4 is 10.1 Å². The van der Waals surface area contributed by atoms with Crippen molar-refractivity contribution >= 4 is 0 Å². The van der Waals surface area contributed by atoms with Crippen molar-refractivity contribution < 1.29 is 4.74 Å². The van der Waals surface area contributed by atoms with Gasteiger partial charge in [-0.2, -0.15) is 0 Å². The van der Waals surface area contributed by atoms with Crippen LogP contribution in [-0.4, -0.2) is 12.6 Å². The fourth-order valence-corrected chi connectivity index (χ4v) is 2.26.